The van der Waals surface area contributed by atoms with Gasteiger partial charge in [-0.1, -0.05) is 12.1 Å². The summed E-state index contributed by atoms with van der Waals surface area (Å²) >= 11 is 0. The fourth-order valence-corrected chi connectivity index (χ4v) is 1.39. The number of aliphatic hydroxyl groups excluding tert-OH is 3. The summed E-state index contributed by atoms with van der Waals surface area (Å²) in [5.41, 5.74) is 6.66. The molecule has 1 aromatic rings. The summed E-state index contributed by atoms with van der Waals surface area (Å²) in [6.07, 6.45) is 0. The highest BCUT2D eigenvalue weighted by atomic mass is 16.3. The third-order valence-electron chi connectivity index (χ3n) is 2.60. The Kier molecular flexibility index (Phi) is 4.12. The van der Waals surface area contributed by atoms with Gasteiger partial charge in [-0.2, -0.15) is 0 Å². The third-order valence-corrected chi connectivity index (χ3v) is 2.60. The zero-order valence-electron chi connectivity index (χ0n) is 9.27. The van der Waals surface area contributed by atoms with Crippen molar-refractivity contribution in [2.75, 3.05) is 30.9 Å². The molecule has 0 spiro atoms. The number of para-hydroxylation sites is 1. The van der Waals surface area contributed by atoms with Crippen molar-refractivity contribution in [2.24, 2.45) is 0 Å². The number of hydrogen-bond acceptors (Lipinski definition) is 5. The van der Waals surface area contributed by atoms with Crippen LogP contribution in [0.5, 0.6) is 0 Å². The highest BCUT2D eigenvalue weighted by Crippen LogP contribution is 2.25. The highest BCUT2D eigenvalue weighted by molar-refractivity contribution is 5.70. The molecule has 0 heterocycles. The lowest BCUT2D eigenvalue weighted by Crippen LogP contribution is -2.49. The Morgan fingerprint density at radius 3 is 2.19 bits per heavy atom. The molecule has 0 fully saturated rings. The molecule has 0 aromatic heterocycles. The molecule has 0 radical (unpaired) electrons. The van der Waals surface area contributed by atoms with E-state index in [4.69, 9.17) is 5.73 Å². The zero-order valence-corrected chi connectivity index (χ0v) is 9.27. The van der Waals surface area contributed by atoms with Crippen molar-refractivity contribution in [3.8, 4) is 0 Å². The maximum atomic E-state index is 9.20. The van der Waals surface area contributed by atoms with Gasteiger partial charge in [-0.15, -0.1) is 0 Å². The van der Waals surface area contributed by atoms with Crippen LogP contribution in [0, 0.1) is 6.92 Å². The van der Waals surface area contributed by atoms with Crippen LogP contribution in [0.15, 0.2) is 18.2 Å². The Morgan fingerprint density at radius 2 is 1.75 bits per heavy atom. The molecule has 5 heteroatoms. The molecule has 6 N–H and O–H groups in total. The fraction of sp³-hybridized carbons (Fsp3) is 0.455. The maximum absolute atomic E-state index is 9.20. The molecule has 0 amide bonds. The van der Waals surface area contributed by atoms with Crippen molar-refractivity contribution in [3.05, 3.63) is 23.8 Å². The standard InChI is InChI=1S/C11H18N2O3/c1-8-3-2-4-9(12)10(8)13-11(5-14,6-15)7-16/h2-4,13-16H,5-7,12H2,1H3. The molecule has 0 aliphatic heterocycles. The molecule has 90 valence electrons. The van der Waals surface area contributed by atoms with E-state index in [1.165, 1.54) is 0 Å². The summed E-state index contributed by atoms with van der Waals surface area (Å²) in [6.45, 7) is 0.713. The SMILES string of the molecule is Cc1cccc(N)c1NC(CO)(CO)CO. The minimum atomic E-state index is -1.15. The second-order valence-electron chi connectivity index (χ2n) is 3.92. The molecule has 0 saturated heterocycles. The topological polar surface area (TPSA) is 98.7 Å². The molecular weight excluding hydrogens is 208 g/mol. The van der Waals surface area contributed by atoms with E-state index in [-0.39, 0.29) is 19.8 Å². The lowest BCUT2D eigenvalue weighted by Gasteiger charge is -2.31. The number of rotatable bonds is 5. The first kappa shape index (κ1) is 12.8. The van der Waals surface area contributed by atoms with Gasteiger partial charge in [-0.25, -0.2) is 0 Å². The molecule has 1 rings (SSSR count). The normalized spacial score (nSPS) is 11.5. The summed E-state index contributed by atoms with van der Waals surface area (Å²) in [6, 6.07) is 5.39. The summed E-state index contributed by atoms with van der Waals surface area (Å²) in [5, 5.41) is 30.5. The first-order valence-electron chi connectivity index (χ1n) is 5.04. The maximum Gasteiger partial charge on any atom is 0.107 e. The lowest BCUT2D eigenvalue weighted by molar-refractivity contribution is 0.0834. The number of nitrogens with two attached hydrogens (primary N) is 1. The molecule has 0 bridgehead atoms. The Hall–Kier alpha value is -1.30. The monoisotopic (exact) mass is 226 g/mol. The van der Waals surface area contributed by atoms with E-state index in [0.717, 1.165) is 5.56 Å². The van der Waals surface area contributed by atoms with Crippen molar-refractivity contribution in [2.45, 2.75) is 12.5 Å². The molecule has 0 atom stereocenters. The smallest absolute Gasteiger partial charge is 0.107 e. The van der Waals surface area contributed by atoms with E-state index in [2.05, 4.69) is 5.32 Å². The summed E-state index contributed by atoms with van der Waals surface area (Å²) < 4.78 is 0. The quantitative estimate of drug-likeness (QED) is 0.444. The first-order chi connectivity index (χ1) is 7.58. The Morgan fingerprint density at radius 1 is 1.19 bits per heavy atom. The minimum absolute atomic E-state index is 0.381. The van der Waals surface area contributed by atoms with E-state index in [0.29, 0.717) is 11.4 Å². The second kappa shape index (κ2) is 5.16. The van der Waals surface area contributed by atoms with Crippen LogP contribution in [0.25, 0.3) is 0 Å². The van der Waals surface area contributed by atoms with E-state index in [1.54, 1.807) is 6.07 Å². The van der Waals surface area contributed by atoms with Gasteiger partial charge in [-0.05, 0) is 18.6 Å². The number of nitrogen functional groups attached to an aromatic ring is 1. The summed E-state index contributed by atoms with van der Waals surface area (Å²) in [4.78, 5) is 0. The van der Waals surface area contributed by atoms with Gasteiger partial charge < -0.3 is 26.4 Å². The predicted octanol–water partition coefficient (Wildman–Crippen LogP) is -0.295. The van der Waals surface area contributed by atoms with Gasteiger partial charge in [0, 0.05) is 0 Å². The molecule has 0 aliphatic carbocycles. The van der Waals surface area contributed by atoms with Gasteiger partial charge in [0.25, 0.3) is 0 Å². The Labute approximate surface area is 94.5 Å². The van der Waals surface area contributed by atoms with E-state index < -0.39 is 5.54 Å². The molecule has 1 aromatic carbocycles. The van der Waals surface area contributed by atoms with Crippen molar-refractivity contribution in [1.82, 2.24) is 0 Å². The van der Waals surface area contributed by atoms with E-state index in [9.17, 15) is 15.3 Å². The van der Waals surface area contributed by atoms with Crippen LogP contribution in [0.3, 0.4) is 0 Å². The molecule has 0 aliphatic rings. The van der Waals surface area contributed by atoms with Crippen LogP contribution in [0.4, 0.5) is 11.4 Å². The Balaban J connectivity index is 3.02. The largest absolute Gasteiger partial charge is 0.397 e. The summed E-state index contributed by atoms with van der Waals surface area (Å²) in [7, 11) is 0. The van der Waals surface area contributed by atoms with Crippen LogP contribution < -0.4 is 11.1 Å². The van der Waals surface area contributed by atoms with Crippen molar-refractivity contribution >= 4 is 11.4 Å². The highest BCUT2D eigenvalue weighted by Gasteiger charge is 2.28. The average Bonchev–Trinajstić information content (AvgIpc) is 2.30. The number of benzene rings is 1. The molecule has 0 unspecified atom stereocenters. The van der Waals surface area contributed by atoms with Gasteiger partial charge in [-0.3, -0.25) is 0 Å². The van der Waals surface area contributed by atoms with E-state index in [1.807, 2.05) is 19.1 Å². The van der Waals surface area contributed by atoms with E-state index >= 15 is 0 Å². The van der Waals surface area contributed by atoms with Gasteiger partial charge in [0.05, 0.1) is 31.2 Å². The van der Waals surface area contributed by atoms with Crippen LogP contribution >= 0.6 is 0 Å². The molecule has 5 nitrogen and oxygen atoms in total. The number of anilines is 2. The van der Waals surface area contributed by atoms with Crippen molar-refractivity contribution in [1.29, 1.82) is 0 Å². The minimum Gasteiger partial charge on any atom is -0.397 e. The van der Waals surface area contributed by atoms with Gasteiger partial charge in [0.2, 0.25) is 0 Å². The molecule has 16 heavy (non-hydrogen) atoms. The fourth-order valence-electron chi connectivity index (χ4n) is 1.39. The van der Waals surface area contributed by atoms with Gasteiger partial charge in [0.1, 0.15) is 5.54 Å². The van der Waals surface area contributed by atoms with Crippen LogP contribution in [-0.4, -0.2) is 40.7 Å². The zero-order chi connectivity index (χ0) is 12.2. The lowest BCUT2D eigenvalue weighted by atomic mass is 10.0. The molecule has 0 saturated carbocycles. The first-order valence-corrected chi connectivity index (χ1v) is 5.04. The molecular formula is C11H18N2O3. The second-order valence-corrected chi connectivity index (χ2v) is 3.92. The van der Waals surface area contributed by atoms with Crippen LogP contribution in [0.2, 0.25) is 0 Å². The average molecular weight is 226 g/mol. The Bertz CT molecular complexity index is 323. The van der Waals surface area contributed by atoms with Crippen molar-refractivity contribution < 1.29 is 15.3 Å². The number of hydrogen-bond donors (Lipinski definition) is 5. The third kappa shape index (κ3) is 2.44. The van der Waals surface area contributed by atoms with Crippen molar-refractivity contribution in [3.63, 3.8) is 0 Å². The predicted molar refractivity (Wildman–Crippen MR) is 63.2 cm³/mol. The van der Waals surface area contributed by atoms with Gasteiger partial charge in [0.15, 0.2) is 0 Å². The number of aryl methyl sites for hydroxylation is 1. The van der Waals surface area contributed by atoms with Crippen LogP contribution in [0.1, 0.15) is 5.56 Å². The van der Waals surface area contributed by atoms with Gasteiger partial charge >= 0.3 is 0 Å². The number of aliphatic hydroxyl groups is 3. The van der Waals surface area contributed by atoms with Crippen LogP contribution in [-0.2, 0) is 0 Å². The number of nitrogens with one attached hydrogen (secondary N) is 1. The summed E-state index contributed by atoms with van der Waals surface area (Å²) in [5.74, 6) is 0.